The third-order valence-electron chi connectivity index (χ3n) is 9.50. The molecule has 0 aliphatic carbocycles. The first-order chi connectivity index (χ1) is 26.6. The molecule has 2 aliphatic rings. The third kappa shape index (κ3) is 13.0. The summed E-state index contributed by atoms with van der Waals surface area (Å²) >= 11 is 0. The van der Waals surface area contributed by atoms with Gasteiger partial charge in [-0.25, -0.2) is 18.4 Å². The van der Waals surface area contributed by atoms with E-state index < -0.39 is 35.7 Å². The molecule has 0 saturated carbocycles. The van der Waals surface area contributed by atoms with Gasteiger partial charge in [0.25, 0.3) is 0 Å². The monoisotopic (exact) mass is 770 g/mol. The number of carbonyl (C=O) groups is 2. The lowest BCUT2D eigenvalue weighted by Crippen LogP contribution is -2.46. The summed E-state index contributed by atoms with van der Waals surface area (Å²) in [5.74, 6) is 1.08. The fraction of sp³-hybridized carbons (Fsp3) is 0.435. The van der Waals surface area contributed by atoms with Crippen molar-refractivity contribution in [2.45, 2.75) is 103 Å². The lowest BCUT2D eigenvalue weighted by atomic mass is 9.88. The van der Waals surface area contributed by atoms with Crippen LogP contribution in [0.15, 0.2) is 109 Å². The first kappa shape index (κ1) is 42.0. The zero-order valence-corrected chi connectivity index (χ0v) is 33.5. The van der Waals surface area contributed by atoms with Crippen LogP contribution in [-0.2, 0) is 22.7 Å². The highest BCUT2D eigenvalue weighted by Crippen LogP contribution is 2.34. The minimum absolute atomic E-state index is 0.0613. The van der Waals surface area contributed by atoms with Gasteiger partial charge in [0.1, 0.15) is 48.3 Å². The smallest absolute Gasteiger partial charge is 0.410 e. The largest absolute Gasteiger partial charge is 0.489 e. The van der Waals surface area contributed by atoms with Crippen LogP contribution in [-0.4, -0.2) is 71.7 Å². The van der Waals surface area contributed by atoms with Gasteiger partial charge < -0.3 is 28.7 Å². The second-order valence-electron chi connectivity index (χ2n) is 16.4. The number of amides is 2. The molecule has 8 nitrogen and oxygen atoms in total. The van der Waals surface area contributed by atoms with Gasteiger partial charge in [0, 0.05) is 24.9 Å². The van der Waals surface area contributed by atoms with E-state index in [1.54, 1.807) is 0 Å². The molecule has 0 bridgehead atoms. The van der Waals surface area contributed by atoms with Crippen LogP contribution in [0.1, 0.15) is 88.5 Å². The fourth-order valence-electron chi connectivity index (χ4n) is 6.65. The molecule has 0 radical (unpaired) electrons. The van der Waals surface area contributed by atoms with E-state index in [2.05, 4.69) is 0 Å². The molecule has 2 amide bonds. The van der Waals surface area contributed by atoms with Crippen LogP contribution in [0.4, 0.5) is 18.4 Å². The van der Waals surface area contributed by atoms with Gasteiger partial charge in [-0.15, -0.1) is 0 Å². The summed E-state index contributed by atoms with van der Waals surface area (Å²) in [5.41, 5.74) is 2.92. The second kappa shape index (κ2) is 19.2. The maximum absolute atomic E-state index is 14.8. The van der Waals surface area contributed by atoms with Crippen molar-refractivity contribution in [3.63, 3.8) is 0 Å². The van der Waals surface area contributed by atoms with Crippen LogP contribution in [0, 0.1) is 0 Å². The molecule has 56 heavy (non-hydrogen) atoms. The van der Waals surface area contributed by atoms with E-state index in [4.69, 9.17) is 18.9 Å². The summed E-state index contributed by atoms with van der Waals surface area (Å²) in [6, 6.07) is 35.1. The maximum atomic E-state index is 14.8. The summed E-state index contributed by atoms with van der Waals surface area (Å²) in [5, 5.41) is 0. The average molecular weight is 771 g/mol. The van der Waals surface area contributed by atoms with Gasteiger partial charge in [0.2, 0.25) is 0 Å². The highest BCUT2D eigenvalue weighted by Gasteiger charge is 2.35. The number of piperidine rings is 2. The van der Waals surface area contributed by atoms with E-state index in [1.807, 2.05) is 151 Å². The van der Waals surface area contributed by atoms with Gasteiger partial charge in [0.05, 0.1) is 13.1 Å². The molecule has 4 aromatic rings. The van der Waals surface area contributed by atoms with E-state index in [0.29, 0.717) is 39.1 Å². The number of rotatable bonds is 8. The zero-order chi connectivity index (χ0) is 40.3. The number of hydrogen-bond acceptors (Lipinski definition) is 6. The molecule has 0 unspecified atom stereocenters. The lowest BCUT2D eigenvalue weighted by Gasteiger charge is -2.35. The van der Waals surface area contributed by atoms with Gasteiger partial charge in [-0.3, -0.25) is 0 Å². The summed E-state index contributed by atoms with van der Waals surface area (Å²) in [6.07, 6.45) is -1.97. The molecule has 0 aromatic heterocycles. The summed E-state index contributed by atoms with van der Waals surface area (Å²) in [4.78, 5) is 27.2. The average Bonchev–Trinajstić information content (AvgIpc) is 3.16. The number of halogens is 2. The van der Waals surface area contributed by atoms with Gasteiger partial charge in [-0.2, -0.15) is 0 Å². The molecule has 2 heterocycles. The quantitative estimate of drug-likeness (QED) is 0.178. The predicted molar refractivity (Wildman–Crippen MR) is 215 cm³/mol. The Hall–Kier alpha value is -5.12. The molecule has 4 atom stereocenters. The Labute approximate surface area is 330 Å². The molecule has 0 N–H and O–H groups in total. The van der Waals surface area contributed by atoms with E-state index in [0.717, 1.165) is 33.8 Å². The van der Waals surface area contributed by atoms with Crippen molar-refractivity contribution < 1.29 is 37.3 Å². The standard InChI is InChI=1S/2C23H28FNO3/c2*1-23(2,3)28-22(26)25-14-13-20(21(24)15-25)18-9-11-19(12-10-18)27-16-17-7-5-4-6-8-17/h2*4-12,20-21H,13-16H2,1-3H3/t20-,21+;20-,21-/m01/s1. The number of ether oxygens (including phenoxy) is 4. The summed E-state index contributed by atoms with van der Waals surface area (Å²) in [6.45, 7) is 13.0. The highest BCUT2D eigenvalue weighted by molar-refractivity contribution is 5.69. The van der Waals surface area contributed by atoms with Crippen molar-refractivity contribution in [3.05, 3.63) is 131 Å². The Morgan fingerprint density at radius 3 is 1.20 bits per heavy atom. The van der Waals surface area contributed by atoms with E-state index in [1.165, 1.54) is 9.80 Å². The third-order valence-corrected chi connectivity index (χ3v) is 9.50. The predicted octanol–water partition coefficient (Wildman–Crippen LogP) is 10.7. The number of alkyl halides is 2. The van der Waals surface area contributed by atoms with Crippen LogP contribution in [0.5, 0.6) is 11.5 Å². The van der Waals surface area contributed by atoms with Gasteiger partial charge in [0.15, 0.2) is 0 Å². The van der Waals surface area contributed by atoms with Crippen molar-refractivity contribution in [1.82, 2.24) is 9.80 Å². The molecule has 300 valence electrons. The van der Waals surface area contributed by atoms with Crippen LogP contribution in [0.2, 0.25) is 0 Å². The number of hydrogen-bond donors (Lipinski definition) is 0. The number of benzene rings is 4. The SMILES string of the molecule is CC(C)(C)OC(=O)N1CC[C@@H](c2ccc(OCc3ccccc3)cc2)[C@H](F)C1.CC(C)(C)OC(=O)N1CC[C@H](c2ccc(OCc3ccccc3)cc2)[C@H](F)C1. The minimum Gasteiger partial charge on any atom is -0.489 e. The lowest BCUT2D eigenvalue weighted by molar-refractivity contribution is 0.0104. The fourth-order valence-corrected chi connectivity index (χ4v) is 6.65. The Morgan fingerprint density at radius 2 is 0.893 bits per heavy atom. The second-order valence-corrected chi connectivity index (χ2v) is 16.4. The van der Waals surface area contributed by atoms with E-state index in [-0.39, 0.29) is 24.9 Å². The first-order valence-electron chi connectivity index (χ1n) is 19.4. The van der Waals surface area contributed by atoms with Crippen molar-refractivity contribution >= 4 is 12.2 Å². The van der Waals surface area contributed by atoms with Crippen molar-refractivity contribution in [1.29, 1.82) is 0 Å². The Balaban J connectivity index is 0.000000214. The van der Waals surface area contributed by atoms with Gasteiger partial charge in [-0.1, -0.05) is 84.9 Å². The number of likely N-dealkylation sites (tertiary alicyclic amines) is 2. The molecule has 4 aromatic carbocycles. The maximum Gasteiger partial charge on any atom is 0.410 e. The van der Waals surface area contributed by atoms with Crippen molar-refractivity contribution in [2.24, 2.45) is 0 Å². The number of nitrogens with zero attached hydrogens (tertiary/aromatic N) is 2. The summed E-state index contributed by atoms with van der Waals surface area (Å²) in [7, 11) is 0. The first-order valence-corrected chi connectivity index (χ1v) is 19.4. The Kier molecular flexibility index (Phi) is 14.4. The van der Waals surface area contributed by atoms with Crippen LogP contribution in [0.25, 0.3) is 0 Å². The molecular weight excluding hydrogens is 715 g/mol. The van der Waals surface area contributed by atoms with E-state index >= 15 is 0 Å². The minimum atomic E-state index is -1.11. The summed E-state index contributed by atoms with van der Waals surface area (Å²) < 4.78 is 51.8. The number of carbonyl (C=O) groups excluding carboxylic acids is 2. The molecule has 0 spiro atoms. The molecule has 2 aliphatic heterocycles. The molecule has 2 saturated heterocycles. The molecular formula is C46H56F2N2O6. The topological polar surface area (TPSA) is 77.5 Å². The normalized spacial score (nSPS) is 19.9. The molecule has 6 rings (SSSR count). The molecule has 2 fully saturated rings. The van der Waals surface area contributed by atoms with Gasteiger partial charge in [-0.05, 0) is 101 Å². The van der Waals surface area contributed by atoms with Crippen molar-refractivity contribution in [3.8, 4) is 11.5 Å². The zero-order valence-electron chi connectivity index (χ0n) is 33.5. The van der Waals surface area contributed by atoms with Crippen molar-refractivity contribution in [2.75, 3.05) is 26.2 Å². The van der Waals surface area contributed by atoms with Crippen LogP contribution >= 0.6 is 0 Å². The Morgan fingerprint density at radius 1 is 0.554 bits per heavy atom. The van der Waals surface area contributed by atoms with E-state index in [9.17, 15) is 18.4 Å². The van der Waals surface area contributed by atoms with Crippen LogP contribution in [0.3, 0.4) is 0 Å². The Bertz CT molecular complexity index is 1680. The highest BCUT2D eigenvalue weighted by atomic mass is 19.1. The van der Waals surface area contributed by atoms with Gasteiger partial charge >= 0.3 is 12.2 Å². The van der Waals surface area contributed by atoms with Crippen LogP contribution < -0.4 is 9.47 Å². The molecule has 10 heteroatoms.